The zero-order chi connectivity index (χ0) is 18.9. The maximum atomic E-state index is 12.2. The molecule has 2 aliphatic rings. The third-order valence-corrected chi connectivity index (χ3v) is 5.81. The number of halogens is 3. The van der Waals surface area contributed by atoms with E-state index in [4.69, 9.17) is 39.5 Å². The van der Waals surface area contributed by atoms with Crippen molar-refractivity contribution in [2.75, 3.05) is 6.61 Å². The Balaban J connectivity index is 1.57. The van der Waals surface area contributed by atoms with Gasteiger partial charge in [0.2, 0.25) is 0 Å². The van der Waals surface area contributed by atoms with Crippen molar-refractivity contribution in [2.24, 2.45) is 0 Å². The van der Waals surface area contributed by atoms with Crippen LogP contribution >= 0.6 is 46.6 Å². The van der Waals surface area contributed by atoms with Gasteiger partial charge in [0, 0.05) is 12.6 Å². The van der Waals surface area contributed by atoms with E-state index in [2.05, 4.69) is 5.32 Å². The summed E-state index contributed by atoms with van der Waals surface area (Å²) < 4.78 is 3.83. The number of nitrogens with zero attached hydrogens (tertiary/aromatic N) is 1. The van der Waals surface area contributed by atoms with Gasteiger partial charge in [-0.25, -0.2) is 0 Å². The number of nitrogens with one attached hydrogen (secondary N) is 1. The number of para-hydroxylation sites is 1. The van der Waals surface area contributed by atoms with Crippen LogP contribution in [-0.4, -0.2) is 48.9 Å². The Bertz CT molecular complexity index is 726. The summed E-state index contributed by atoms with van der Waals surface area (Å²) in [5.41, 5.74) is 0. The van der Waals surface area contributed by atoms with Crippen LogP contribution in [0.15, 0.2) is 42.3 Å². The normalized spacial score (nSPS) is 25.0. The van der Waals surface area contributed by atoms with Gasteiger partial charge in [-0.05, 0) is 12.1 Å². The fourth-order valence-corrected chi connectivity index (χ4v) is 4.87. The first kappa shape index (κ1) is 19.5. The number of fused-ring (bicyclic) bond motifs is 1. The summed E-state index contributed by atoms with van der Waals surface area (Å²) in [6, 6.07) is 8.18. The minimum atomic E-state index is -1.53. The van der Waals surface area contributed by atoms with Crippen molar-refractivity contribution in [1.82, 2.24) is 10.2 Å². The summed E-state index contributed by atoms with van der Waals surface area (Å²) in [7, 11) is 0. The molecule has 2 N–H and O–H groups in total. The molecule has 2 unspecified atom stereocenters. The second-order valence-corrected chi connectivity index (χ2v) is 9.62. The fourth-order valence-electron chi connectivity index (χ4n) is 2.61. The number of benzene rings is 1. The Labute approximate surface area is 169 Å². The van der Waals surface area contributed by atoms with E-state index in [0.29, 0.717) is 5.75 Å². The summed E-state index contributed by atoms with van der Waals surface area (Å²) >= 11 is 18.6. The van der Waals surface area contributed by atoms with Crippen molar-refractivity contribution < 1.29 is 19.4 Å². The van der Waals surface area contributed by atoms with E-state index in [0.717, 1.165) is 0 Å². The number of aliphatic hydroxyl groups excluding tert-OH is 1. The molecule has 0 aliphatic carbocycles. The highest BCUT2D eigenvalue weighted by atomic mass is 35.6. The Hall–Kier alpha value is -1.28. The maximum absolute atomic E-state index is 12.2. The number of aliphatic hydroxyl groups is 1. The molecule has 3 rings (SSSR count). The minimum absolute atomic E-state index is 0.0388. The number of hydrogen-bond acceptors (Lipinski definition) is 5. The largest absolute Gasteiger partial charge is 0.510 e. The molecule has 1 aromatic rings. The lowest BCUT2D eigenvalue weighted by molar-refractivity contribution is -0.145. The quantitative estimate of drug-likeness (QED) is 0.547. The Morgan fingerprint density at radius 1 is 1.31 bits per heavy atom. The molecule has 10 heteroatoms. The predicted octanol–water partition coefficient (Wildman–Crippen LogP) is 2.99. The lowest BCUT2D eigenvalue weighted by atomic mass is 10.1. The van der Waals surface area contributed by atoms with E-state index in [1.807, 2.05) is 6.07 Å². The first-order valence-electron chi connectivity index (χ1n) is 7.67. The van der Waals surface area contributed by atoms with E-state index < -0.39 is 21.0 Å². The summed E-state index contributed by atoms with van der Waals surface area (Å²) in [6.45, 7) is -0.205. The van der Waals surface area contributed by atoms with E-state index in [1.165, 1.54) is 22.9 Å². The summed E-state index contributed by atoms with van der Waals surface area (Å²) in [4.78, 5) is 25.6. The number of ether oxygens (including phenoxy) is 1. The van der Waals surface area contributed by atoms with Crippen LogP contribution in [0.25, 0.3) is 0 Å². The summed E-state index contributed by atoms with van der Waals surface area (Å²) in [6.07, 6.45) is 1.41. The van der Waals surface area contributed by atoms with Crippen molar-refractivity contribution in [3.05, 3.63) is 42.3 Å². The highest BCUT2D eigenvalue weighted by molar-refractivity contribution is 8.00. The number of carbonyl (C=O) groups is 2. The Morgan fingerprint density at radius 2 is 2.00 bits per heavy atom. The lowest BCUT2D eigenvalue weighted by Gasteiger charge is -2.48. The number of amides is 2. The van der Waals surface area contributed by atoms with Crippen LogP contribution in [0, 0.1) is 0 Å². The molecule has 1 saturated heterocycles. The third-order valence-electron chi connectivity index (χ3n) is 3.83. The van der Waals surface area contributed by atoms with Gasteiger partial charge >= 0.3 is 0 Å². The zero-order valence-corrected chi connectivity index (χ0v) is 16.4. The first-order chi connectivity index (χ1) is 12.2. The maximum Gasteiger partial charge on any atom is 0.258 e. The van der Waals surface area contributed by atoms with E-state index in [1.54, 1.807) is 24.3 Å². The van der Waals surface area contributed by atoms with Gasteiger partial charge in [-0.2, -0.15) is 0 Å². The molecule has 2 amide bonds. The predicted molar refractivity (Wildman–Crippen MR) is 101 cm³/mol. The van der Waals surface area contributed by atoms with E-state index in [9.17, 15) is 14.7 Å². The highest BCUT2D eigenvalue weighted by Crippen LogP contribution is 2.45. The molecule has 1 fully saturated rings. The van der Waals surface area contributed by atoms with Gasteiger partial charge in [0.1, 0.15) is 22.9 Å². The number of alkyl halides is 3. The standard InChI is InChI=1S/C16H15Cl3N2O4S/c17-16(18,19)6-11-10(22)7-21-14(24)13(15(21)26-11)20-12(23)8-25-9-4-2-1-3-5-9/h1-5,7,11,13,15,22H,6,8H2,(H,20,23)/t11?,13?,15-/m1/s1. The monoisotopic (exact) mass is 436 g/mol. The average molecular weight is 438 g/mol. The molecule has 2 heterocycles. The molecule has 2 aliphatic heterocycles. The van der Waals surface area contributed by atoms with Gasteiger partial charge in [-0.1, -0.05) is 53.0 Å². The van der Waals surface area contributed by atoms with Gasteiger partial charge in [0.15, 0.2) is 10.4 Å². The van der Waals surface area contributed by atoms with Gasteiger partial charge in [0.25, 0.3) is 11.8 Å². The molecule has 0 spiro atoms. The average Bonchev–Trinajstić information content (AvgIpc) is 2.59. The van der Waals surface area contributed by atoms with Crippen LogP contribution in [0.1, 0.15) is 6.42 Å². The Morgan fingerprint density at radius 3 is 2.65 bits per heavy atom. The molecule has 0 saturated carbocycles. The SMILES string of the molecule is O=C(COc1ccccc1)NC1C(=O)N2C=C(O)C(CC(Cl)(Cl)Cl)S[C@H]12. The van der Waals surface area contributed by atoms with Crippen LogP contribution in [0.2, 0.25) is 0 Å². The van der Waals surface area contributed by atoms with Crippen LogP contribution in [0.3, 0.4) is 0 Å². The van der Waals surface area contributed by atoms with Gasteiger partial charge in [0.05, 0.1) is 5.25 Å². The van der Waals surface area contributed by atoms with Crippen molar-refractivity contribution in [2.45, 2.75) is 26.9 Å². The number of thioether (sulfide) groups is 1. The number of rotatable bonds is 5. The summed E-state index contributed by atoms with van der Waals surface area (Å²) in [5, 5.41) is 11.8. The second kappa shape index (κ2) is 7.76. The minimum Gasteiger partial charge on any atom is -0.510 e. The van der Waals surface area contributed by atoms with Crippen LogP contribution in [0.4, 0.5) is 0 Å². The zero-order valence-electron chi connectivity index (χ0n) is 13.3. The topological polar surface area (TPSA) is 78.9 Å². The van der Waals surface area contributed by atoms with E-state index in [-0.39, 0.29) is 30.1 Å². The molecule has 140 valence electrons. The number of carbonyl (C=O) groups excluding carboxylic acids is 2. The number of β-lactam (4-membered cyclic amide) rings is 1. The molecular weight excluding hydrogens is 423 g/mol. The fraction of sp³-hybridized carbons (Fsp3) is 0.375. The molecule has 3 atom stereocenters. The molecule has 0 bridgehead atoms. The molecule has 26 heavy (non-hydrogen) atoms. The van der Waals surface area contributed by atoms with Gasteiger partial charge in [-0.15, -0.1) is 11.8 Å². The highest BCUT2D eigenvalue weighted by Gasteiger charge is 2.52. The van der Waals surface area contributed by atoms with Crippen LogP contribution in [-0.2, 0) is 9.59 Å². The smallest absolute Gasteiger partial charge is 0.258 e. The summed E-state index contributed by atoms with van der Waals surface area (Å²) in [5.74, 6) is -0.200. The van der Waals surface area contributed by atoms with Crippen LogP contribution in [0.5, 0.6) is 5.75 Å². The van der Waals surface area contributed by atoms with Crippen molar-refractivity contribution in [3.8, 4) is 5.75 Å². The molecular formula is C16H15Cl3N2O4S. The molecule has 6 nitrogen and oxygen atoms in total. The molecule has 0 aromatic heterocycles. The van der Waals surface area contributed by atoms with Gasteiger partial charge in [-0.3, -0.25) is 14.5 Å². The van der Waals surface area contributed by atoms with Crippen molar-refractivity contribution in [3.63, 3.8) is 0 Å². The molecule has 0 radical (unpaired) electrons. The lowest BCUT2D eigenvalue weighted by Crippen LogP contribution is -2.69. The van der Waals surface area contributed by atoms with Gasteiger partial charge < -0.3 is 15.2 Å². The third kappa shape index (κ3) is 4.52. The Kier molecular flexibility index (Phi) is 5.81. The number of hydrogen-bond donors (Lipinski definition) is 2. The van der Waals surface area contributed by atoms with Crippen LogP contribution < -0.4 is 10.1 Å². The molecule has 1 aromatic carbocycles. The first-order valence-corrected chi connectivity index (χ1v) is 9.74. The van der Waals surface area contributed by atoms with Crippen molar-refractivity contribution >= 4 is 58.4 Å². The van der Waals surface area contributed by atoms with E-state index >= 15 is 0 Å². The van der Waals surface area contributed by atoms with Crippen molar-refractivity contribution in [1.29, 1.82) is 0 Å². The second-order valence-electron chi connectivity index (χ2n) is 5.78.